The Hall–Kier alpha value is -0.850. The van der Waals surface area contributed by atoms with E-state index in [0.29, 0.717) is 12.8 Å². The summed E-state index contributed by atoms with van der Waals surface area (Å²) >= 11 is 0. The number of aliphatic hydroxyl groups excluding tert-OH is 1. The molecule has 1 rings (SSSR count). The van der Waals surface area contributed by atoms with Crippen LogP contribution in [0.4, 0.5) is 0 Å². The zero-order valence-corrected chi connectivity index (χ0v) is 6.17. The van der Waals surface area contributed by atoms with Crippen LogP contribution >= 0.6 is 0 Å². The smallest absolute Gasteiger partial charge is 0.206 e. The van der Waals surface area contributed by atoms with Gasteiger partial charge in [-0.2, -0.15) is 5.43 Å². The number of hydrogen-bond acceptors (Lipinski definition) is 6. The zero-order valence-electron chi connectivity index (χ0n) is 6.17. The molecule has 0 bridgehead atoms. The molecule has 0 fully saturated rings. The molecule has 0 amide bonds. The van der Waals surface area contributed by atoms with E-state index >= 15 is 0 Å². The summed E-state index contributed by atoms with van der Waals surface area (Å²) in [4.78, 5) is 3.90. The maximum Gasteiger partial charge on any atom is 0.206 e. The Morgan fingerprint density at radius 1 is 1.64 bits per heavy atom. The monoisotopic (exact) mass is 159 g/mol. The molecule has 0 aromatic carbocycles. The molecule has 1 atom stereocenters. The number of nitrogens with two attached hydrogens (primary N) is 2. The predicted molar refractivity (Wildman–Crippen MR) is 41.1 cm³/mol. The summed E-state index contributed by atoms with van der Waals surface area (Å²) in [5.74, 6) is -0.558. The normalized spacial score (nSPS) is 29.8. The van der Waals surface area contributed by atoms with Gasteiger partial charge in [-0.25, -0.2) is 4.99 Å². The fourth-order valence-corrected chi connectivity index (χ4v) is 0.910. The van der Waals surface area contributed by atoms with Crippen molar-refractivity contribution < 1.29 is 5.11 Å². The van der Waals surface area contributed by atoms with Gasteiger partial charge in [-0.3, -0.25) is 11.2 Å². The zero-order chi connectivity index (χ0) is 8.32. The largest absolute Gasteiger partial charge is 0.396 e. The average molecular weight is 159 g/mol. The first kappa shape index (κ1) is 8.25. The molecule has 0 saturated heterocycles. The molecule has 0 saturated carbocycles. The molecule has 64 valence electrons. The Bertz CT molecular complexity index is 170. The van der Waals surface area contributed by atoms with Crippen molar-refractivity contribution in [3.8, 4) is 0 Å². The molecular formula is C5H13N5O. The van der Waals surface area contributed by atoms with Crippen LogP contribution in [0.2, 0.25) is 0 Å². The van der Waals surface area contributed by atoms with Gasteiger partial charge in [-0.1, -0.05) is 0 Å². The van der Waals surface area contributed by atoms with Crippen LogP contribution in [-0.2, 0) is 0 Å². The van der Waals surface area contributed by atoms with Crippen LogP contribution in [0, 0.1) is 0 Å². The van der Waals surface area contributed by atoms with Crippen molar-refractivity contribution in [3.63, 3.8) is 0 Å². The maximum atomic E-state index is 8.52. The highest BCUT2D eigenvalue weighted by Crippen LogP contribution is 2.08. The molecule has 1 aliphatic rings. The van der Waals surface area contributed by atoms with Crippen molar-refractivity contribution in [2.24, 2.45) is 16.5 Å². The Kier molecular flexibility index (Phi) is 2.28. The standard InChI is InChI=1S/C5H13N5O/c6-4-8-5(7,10-9-4)2-1-3-11/h10-11H,1-3,7H2,(H3,6,8,9). The quantitative estimate of drug-likeness (QED) is 0.321. The van der Waals surface area contributed by atoms with E-state index in [0.717, 1.165) is 0 Å². The van der Waals surface area contributed by atoms with Crippen molar-refractivity contribution in [3.05, 3.63) is 0 Å². The van der Waals surface area contributed by atoms with E-state index in [1.807, 2.05) is 0 Å². The van der Waals surface area contributed by atoms with Gasteiger partial charge in [-0.15, -0.1) is 0 Å². The second kappa shape index (κ2) is 3.04. The molecule has 1 aliphatic heterocycles. The van der Waals surface area contributed by atoms with Crippen molar-refractivity contribution in [2.45, 2.75) is 18.6 Å². The van der Waals surface area contributed by atoms with E-state index in [2.05, 4.69) is 15.8 Å². The van der Waals surface area contributed by atoms with Gasteiger partial charge in [-0.05, 0) is 6.42 Å². The SMILES string of the molecule is NC1=NC(N)(CCCO)NN1. The molecule has 1 heterocycles. The number of nitrogens with one attached hydrogen (secondary N) is 2. The summed E-state index contributed by atoms with van der Waals surface area (Å²) in [6, 6.07) is 0. The van der Waals surface area contributed by atoms with E-state index in [1.54, 1.807) is 0 Å². The topological polar surface area (TPSA) is 109 Å². The molecule has 0 aromatic heterocycles. The molecule has 6 nitrogen and oxygen atoms in total. The summed E-state index contributed by atoms with van der Waals surface area (Å²) in [5.41, 5.74) is 16.3. The number of hydrazine groups is 1. The summed E-state index contributed by atoms with van der Waals surface area (Å²) in [6.07, 6.45) is 1.15. The molecule has 7 N–H and O–H groups in total. The third-order valence-corrected chi connectivity index (χ3v) is 1.44. The lowest BCUT2D eigenvalue weighted by Crippen LogP contribution is -2.53. The minimum atomic E-state index is -0.840. The Balaban J connectivity index is 2.42. The lowest BCUT2D eigenvalue weighted by atomic mass is 10.2. The third-order valence-electron chi connectivity index (χ3n) is 1.44. The van der Waals surface area contributed by atoms with E-state index in [-0.39, 0.29) is 12.6 Å². The van der Waals surface area contributed by atoms with Crippen LogP contribution in [0.25, 0.3) is 0 Å². The molecule has 0 aromatic rings. The summed E-state index contributed by atoms with van der Waals surface area (Å²) in [7, 11) is 0. The van der Waals surface area contributed by atoms with Crippen LogP contribution < -0.4 is 22.3 Å². The second-order valence-electron chi connectivity index (χ2n) is 2.50. The molecule has 11 heavy (non-hydrogen) atoms. The Morgan fingerprint density at radius 3 is 2.82 bits per heavy atom. The number of rotatable bonds is 3. The van der Waals surface area contributed by atoms with Crippen molar-refractivity contribution in [1.82, 2.24) is 10.9 Å². The van der Waals surface area contributed by atoms with Crippen LogP contribution in [0.1, 0.15) is 12.8 Å². The number of nitrogens with zero attached hydrogens (tertiary/aromatic N) is 1. The van der Waals surface area contributed by atoms with Crippen molar-refractivity contribution >= 4 is 5.96 Å². The average Bonchev–Trinajstić information content (AvgIpc) is 2.28. The van der Waals surface area contributed by atoms with Gasteiger partial charge in [0, 0.05) is 13.0 Å². The van der Waals surface area contributed by atoms with Gasteiger partial charge in [0.2, 0.25) is 5.96 Å². The van der Waals surface area contributed by atoms with E-state index in [9.17, 15) is 0 Å². The number of guanidine groups is 1. The van der Waals surface area contributed by atoms with E-state index in [4.69, 9.17) is 16.6 Å². The van der Waals surface area contributed by atoms with Gasteiger partial charge in [0.25, 0.3) is 0 Å². The first-order valence-electron chi connectivity index (χ1n) is 3.44. The second-order valence-corrected chi connectivity index (χ2v) is 2.50. The number of hydrogen-bond donors (Lipinski definition) is 5. The number of aliphatic imine (C=N–C) groups is 1. The summed E-state index contributed by atoms with van der Waals surface area (Å²) < 4.78 is 0. The predicted octanol–water partition coefficient (Wildman–Crippen LogP) is -2.21. The van der Waals surface area contributed by atoms with Gasteiger partial charge < -0.3 is 10.8 Å². The van der Waals surface area contributed by atoms with Crippen molar-refractivity contribution in [2.75, 3.05) is 6.61 Å². The molecule has 0 spiro atoms. The van der Waals surface area contributed by atoms with Crippen LogP contribution in [0.15, 0.2) is 4.99 Å². The fraction of sp³-hybridized carbons (Fsp3) is 0.800. The number of aliphatic hydroxyl groups is 1. The fourth-order valence-electron chi connectivity index (χ4n) is 0.910. The summed E-state index contributed by atoms with van der Waals surface area (Å²) in [6.45, 7) is 0.107. The first-order valence-corrected chi connectivity index (χ1v) is 3.44. The Morgan fingerprint density at radius 2 is 2.36 bits per heavy atom. The van der Waals surface area contributed by atoms with Gasteiger partial charge in [0.05, 0.1) is 0 Å². The molecule has 6 heteroatoms. The van der Waals surface area contributed by atoms with E-state index < -0.39 is 5.79 Å². The maximum absolute atomic E-state index is 8.52. The van der Waals surface area contributed by atoms with Gasteiger partial charge >= 0.3 is 0 Å². The molecule has 0 aliphatic carbocycles. The first-order chi connectivity index (χ1) is 5.16. The third kappa shape index (κ3) is 2.04. The highest BCUT2D eigenvalue weighted by molar-refractivity contribution is 5.79. The van der Waals surface area contributed by atoms with Gasteiger partial charge in [0.1, 0.15) is 0 Å². The van der Waals surface area contributed by atoms with Gasteiger partial charge in [0.15, 0.2) is 5.79 Å². The van der Waals surface area contributed by atoms with Crippen LogP contribution in [0.5, 0.6) is 0 Å². The highest BCUT2D eigenvalue weighted by atomic mass is 16.3. The van der Waals surface area contributed by atoms with Crippen LogP contribution in [-0.4, -0.2) is 23.5 Å². The van der Waals surface area contributed by atoms with E-state index in [1.165, 1.54) is 0 Å². The van der Waals surface area contributed by atoms with Crippen LogP contribution in [0.3, 0.4) is 0 Å². The lowest BCUT2D eigenvalue weighted by molar-refractivity contribution is 0.247. The molecular weight excluding hydrogens is 146 g/mol. The minimum absolute atomic E-state index is 0.107. The van der Waals surface area contributed by atoms with Crippen molar-refractivity contribution in [1.29, 1.82) is 0 Å². The minimum Gasteiger partial charge on any atom is -0.396 e. The highest BCUT2D eigenvalue weighted by Gasteiger charge is 2.27. The summed E-state index contributed by atoms with van der Waals surface area (Å²) in [5, 5.41) is 8.52. The Labute approximate surface area is 64.6 Å². The molecule has 0 radical (unpaired) electrons. The lowest BCUT2D eigenvalue weighted by Gasteiger charge is -2.18. The molecule has 1 unspecified atom stereocenters.